The number of anilines is 1. The van der Waals surface area contributed by atoms with Crippen LogP contribution in [0.15, 0.2) is 35.6 Å². The zero-order chi connectivity index (χ0) is 13.4. The Morgan fingerprint density at radius 2 is 2.37 bits per heavy atom. The van der Waals surface area contributed by atoms with E-state index >= 15 is 0 Å². The summed E-state index contributed by atoms with van der Waals surface area (Å²) in [5.74, 6) is 0. The average molecular weight is 272 g/mol. The molecule has 0 fully saturated rings. The molecule has 2 heterocycles. The molecule has 0 unspecified atom stereocenters. The number of nitrogens with zero attached hydrogens (tertiary/aromatic N) is 3. The van der Waals surface area contributed by atoms with E-state index in [1.165, 1.54) is 15.9 Å². The predicted octanol–water partition coefficient (Wildman–Crippen LogP) is 2.21. The monoisotopic (exact) mass is 272 g/mol. The molecule has 0 spiro atoms. The molecule has 3 rings (SSSR count). The Kier molecular flexibility index (Phi) is 2.79. The lowest BCUT2D eigenvalue weighted by Crippen LogP contribution is -2.15. The molecule has 0 saturated carbocycles. The third-order valence-electron chi connectivity index (χ3n) is 2.75. The fraction of sp³-hybridized carbons (Fsp3) is 0.154. The maximum absolute atomic E-state index is 12.3. The quantitative estimate of drug-likeness (QED) is 0.743. The molecule has 0 bridgehead atoms. The number of nitrogens with one attached hydrogen (secondary N) is 1. The molecule has 19 heavy (non-hydrogen) atoms. The van der Waals surface area contributed by atoms with Crippen molar-refractivity contribution in [3.63, 3.8) is 0 Å². The van der Waals surface area contributed by atoms with E-state index in [1.54, 1.807) is 6.08 Å². The highest BCUT2D eigenvalue weighted by atomic mass is 32.1. The van der Waals surface area contributed by atoms with Gasteiger partial charge < -0.3 is 5.32 Å². The van der Waals surface area contributed by atoms with Crippen molar-refractivity contribution in [1.29, 1.82) is 0 Å². The number of aryl methyl sites for hydroxylation is 1. The van der Waals surface area contributed by atoms with Gasteiger partial charge in [-0.05, 0) is 19.1 Å². The summed E-state index contributed by atoms with van der Waals surface area (Å²) in [7, 11) is 0. The molecule has 1 N–H and O–H groups in total. The summed E-state index contributed by atoms with van der Waals surface area (Å²) in [5.41, 5.74) is 1.60. The lowest BCUT2D eigenvalue weighted by atomic mass is 10.2. The van der Waals surface area contributed by atoms with Gasteiger partial charge in [0.25, 0.3) is 5.56 Å². The molecule has 0 radical (unpaired) electrons. The zero-order valence-electron chi connectivity index (χ0n) is 10.4. The number of hydrogen-bond acceptors (Lipinski definition) is 5. The minimum atomic E-state index is -0.133. The van der Waals surface area contributed by atoms with Gasteiger partial charge in [-0.15, -0.1) is 11.7 Å². The molecule has 0 atom stereocenters. The third kappa shape index (κ3) is 2.00. The van der Waals surface area contributed by atoms with Gasteiger partial charge in [0.15, 0.2) is 0 Å². The number of hydrogen-bond donors (Lipinski definition) is 1. The Morgan fingerprint density at radius 1 is 1.53 bits per heavy atom. The summed E-state index contributed by atoms with van der Waals surface area (Å²) in [4.78, 5) is 17.4. The van der Waals surface area contributed by atoms with Gasteiger partial charge in [-0.25, -0.2) is 4.98 Å². The second-order valence-corrected chi connectivity index (χ2v) is 5.16. The third-order valence-corrected chi connectivity index (χ3v) is 3.61. The van der Waals surface area contributed by atoms with E-state index in [9.17, 15) is 4.79 Å². The Morgan fingerprint density at radius 3 is 3.16 bits per heavy atom. The summed E-state index contributed by atoms with van der Waals surface area (Å²) in [6, 6.07) is 5.65. The second kappa shape index (κ2) is 4.47. The van der Waals surface area contributed by atoms with Crippen molar-refractivity contribution in [2.24, 2.45) is 0 Å². The molecule has 0 aliphatic heterocycles. The number of rotatable bonds is 3. The molecule has 5 nitrogen and oxygen atoms in total. The normalized spacial score (nSPS) is 11.0. The lowest BCUT2D eigenvalue weighted by molar-refractivity contribution is 0.915. The van der Waals surface area contributed by atoms with Gasteiger partial charge in [-0.1, -0.05) is 29.0 Å². The number of aromatic nitrogens is 3. The van der Waals surface area contributed by atoms with E-state index in [0.717, 1.165) is 5.56 Å². The van der Waals surface area contributed by atoms with Crippen LogP contribution < -0.4 is 10.9 Å². The van der Waals surface area contributed by atoms with Gasteiger partial charge in [0, 0.05) is 6.54 Å². The second-order valence-electron chi connectivity index (χ2n) is 4.21. The van der Waals surface area contributed by atoms with Crippen molar-refractivity contribution in [2.45, 2.75) is 6.92 Å². The van der Waals surface area contributed by atoms with Crippen LogP contribution in [0.2, 0.25) is 0 Å². The minimum absolute atomic E-state index is 0.133. The summed E-state index contributed by atoms with van der Waals surface area (Å²) >= 11 is 1.35. The van der Waals surface area contributed by atoms with Crippen LogP contribution in [0.25, 0.3) is 15.9 Å². The van der Waals surface area contributed by atoms with Crippen LogP contribution in [0.1, 0.15) is 5.56 Å². The van der Waals surface area contributed by atoms with E-state index in [-0.39, 0.29) is 5.56 Å². The molecule has 1 aromatic carbocycles. The average Bonchev–Trinajstić information content (AvgIpc) is 2.81. The highest BCUT2D eigenvalue weighted by molar-refractivity contribution is 7.20. The maximum Gasteiger partial charge on any atom is 0.283 e. The van der Waals surface area contributed by atoms with Crippen molar-refractivity contribution in [1.82, 2.24) is 14.6 Å². The van der Waals surface area contributed by atoms with Crippen molar-refractivity contribution in [3.05, 3.63) is 46.8 Å². The Hall–Kier alpha value is -2.21. The van der Waals surface area contributed by atoms with Crippen molar-refractivity contribution >= 4 is 32.3 Å². The van der Waals surface area contributed by atoms with Crippen LogP contribution in [-0.4, -0.2) is 21.1 Å². The first-order valence-electron chi connectivity index (χ1n) is 5.84. The van der Waals surface area contributed by atoms with E-state index in [0.29, 0.717) is 27.5 Å². The van der Waals surface area contributed by atoms with E-state index in [1.807, 2.05) is 25.1 Å². The van der Waals surface area contributed by atoms with Crippen LogP contribution in [0, 0.1) is 6.92 Å². The first-order chi connectivity index (χ1) is 9.19. The van der Waals surface area contributed by atoms with Crippen LogP contribution in [0.4, 0.5) is 5.13 Å². The SMILES string of the molecule is C=CCNc1nn2c(=O)c3cc(C)ccc3nc2s1. The Bertz CT molecular complexity index is 834. The highest BCUT2D eigenvalue weighted by Crippen LogP contribution is 2.19. The standard InChI is InChI=1S/C13H12N4OS/c1-3-6-14-12-16-17-11(18)9-7-8(2)4-5-10(9)15-13(17)19-12/h3-5,7H,1,6H2,2H3,(H,14,16). The number of fused-ring (bicyclic) bond motifs is 2. The zero-order valence-corrected chi connectivity index (χ0v) is 11.2. The smallest absolute Gasteiger partial charge is 0.283 e. The molecule has 96 valence electrons. The molecule has 0 amide bonds. The van der Waals surface area contributed by atoms with Crippen LogP contribution in [-0.2, 0) is 0 Å². The molecular formula is C13H12N4OS. The van der Waals surface area contributed by atoms with E-state index in [2.05, 4.69) is 22.0 Å². The summed E-state index contributed by atoms with van der Waals surface area (Å²) < 4.78 is 1.35. The van der Waals surface area contributed by atoms with Gasteiger partial charge in [0.2, 0.25) is 10.1 Å². The summed E-state index contributed by atoms with van der Waals surface area (Å²) in [5, 5.41) is 8.56. The highest BCUT2D eigenvalue weighted by Gasteiger charge is 2.10. The fourth-order valence-electron chi connectivity index (χ4n) is 1.85. The largest absolute Gasteiger partial charge is 0.357 e. The molecule has 6 heteroatoms. The van der Waals surface area contributed by atoms with Crippen molar-refractivity contribution in [2.75, 3.05) is 11.9 Å². The van der Waals surface area contributed by atoms with E-state index in [4.69, 9.17) is 0 Å². The molecule has 0 saturated heterocycles. The predicted molar refractivity (Wildman–Crippen MR) is 78.1 cm³/mol. The van der Waals surface area contributed by atoms with Crippen molar-refractivity contribution < 1.29 is 0 Å². The fourth-order valence-corrected chi connectivity index (χ4v) is 2.66. The van der Waals surface area contributed by atoms with Gasteiger partial charge in [0.05, 0.1) is 10.9 Å². The lowest BCUT2D eigenvalue weighted by Gasteiger charge is -1.98. The van der Waals surface area contributed by atoms with Gasteiger partial charge >= 0.3 is 0 Å². The molecule has 0 aliphatic rings. The van der Waals surface area contributed by atoms with Crippen molar-refractivity contribution in [3.8, 4) is 0 Å². The Balaban J connectivity index is 2.27. The topological polar surface area (TPSA) is 59.3 Å². The van der Waals surface area contributed by atoms with Gasteiger partial charge in [-0.2, -0.15) is 4.52 Å². The van der Waals surface area contributed by atoms with Crippen LogP contribution >= 0.6 is 11.3 Å². The Labute approximate surface area is 113 Å². The first-order valence-corrected chi connectivity index (χ1v) is 6.65. The summed E-state index contributed by atoms with van der Waals surface area (Å²) in [6.45, 7) is 6.19. The van der Waals surface area contributed by atoms with E-state index < -0.39 is 0 Å². The number of benzene rings is 1. The molecule has 0 aliphatic carbocycles. The maximum atomic E-state index is 12.3. The summed E-state index contributed by atoms with van der Waals surface area (Å²) in [6.07, 6.45) is 1.74. The molecular weight excluding hydrogens is 260 g/mol. The minimum Gasteiger partial charge on any atom is -0.357 e. The van der Waals surface area contributed by atoms with Crippen LogP contribution in [0.3, 0.4) is 0 Å². The van der Waals surface area contributed by atoms with Gasteiger partial charge in [0.1, 0.15) is 0 Å². The molecule has 3 aromatic rings. The first kappa shape index (κ1) is 11.9. The van der Waals surface area contributed by atoms with Crippen LogP contribution in [0.5, 0.6) is 0 Å². The molecule has 2 aromatic heterocycles. The van der Waals surface area contributed by atoms with Gasteiger partial charge in [-0.3, -0.25) is 4.79 Å².